The van der Waals surface area contributed by atoms with Crippen molar-refractivity contribution in [2.75, 3.05) is 13.1 Å². The van der Waals surface area contributed by atoms with Gasteiger partial charge in [-0.2, -0.15) is 0 Å². The molecule has 0 atom stereocenters. The van der Waals surface area contributed by atoms with Crippen molar-refractivity contribution in [1.82, 2.24) is 5.32 Å². The summed E-state index contributed by atoms with van der Waals surface area (Å²) in [5.74, 6) is 0.884. The van der Waals surface area contributed by atoms with Crippen molar-refractivity contribution in [1.29, 1.82) is 0 Å². The van der Waals surface area contributed by atoms with Crippen LogP contribution in [0.3, 0.4) is 0 Å². The van der Waals surface area contributed by atoms with Crippen molar-refractivity contribution in [2.45, 2.75) is 39.0 Å². The van der Waals surface area contributed by atoms with Crippen molar-refractivity contribution < 1.29 is 4.79 Å². The van der Waals surface area contributed by atoms with Crippen LogP contribution in [0.25, 0.3) is 0 Å². The molecule has 0 spiro atoms. The molecule has 1 fully saturated rings. The lowest BCUT2D eigenvalue weighted by molar-refractivity contribution is -0.132. The first-order chi connectivity index (χ1) is 9.66. The van der Waals surface area contributed by atoms with E-state index in [2.05, 4.69) is 24.4 Å². The minimum atomic E-state index is -0.316. The minimum Gasteiger partial charge on any atom is -0.355 e. The molecule has 1 aliphatic rings. The topological polar surface area (TPSA) is 55.1 Å². The van der Waals surface area contributed by atoms with Gasteiger partial charge in [-0.3, -0.25) is 4.79 Å². The first kappa shape index (κ1) is 15.0. The first-order valence-corrected chi connectivity index (χ1v) is 7.68. The van der Waals surface area contributed by atoms with Gasteiger partial charge in [0.2, 0.25) is 5.91 Å². The van der Waals surface area contributed by atoms with E-state index in [1.807, 2.05) is 18.2 Å². The van der Waals surface area contributed by atoms with Gasteiger partial charge in [0.1, 0.15) is 0 Å². The summed E-state index contributed by atoms with van der Waals surface area (Å²) in [6.07, 6.45) is 4.97. The lowest BCUT2D eigenvalue weighted by Gasteiger charge is -2.37. The van der Waals surface area contributed by atoms with Gasteiger partial charge in [0.05, 0.1) is 5.41 Å². The Bertz CT molecular complexity index is 422. The second kappa shape index (κ2) is 6.89. The molecule has 0 aliphatic heterocycles. The van der Waals surface area contributed by atoms with Crippen molar-refractivity contribution in [3.05, 3.63) is 35.9 Å². The number of carbonyl (C=O) groups is 1. The summed E-state index contributed by atoms with van der Waals surface area (Å²) in [5.41, 5.74) is 6.85. The maximum atomic E-state index is 12.5. The third kappa shape index (κ3) is 3.60. The zero-order valence-corrected chi connectivity index (χ0v) is 12.4. The molecule has 110 valence electrons. The number of nitrogens with two attached hydrogens (primary N) is 1. The van der Waals surface area contributed by atoms with Crippen LogP contribution in [0, 0.1) is 11.3 Å². The molecule has 0 heterocycles. The average molecular weight is 274 g/mol. The van der Waals surface area contributed by atoms with Gasteiger partial charge in [0.15, 0.2) is 0 Å². The van der Waals surface area contributed by atoms with E-state index in [0.29, 0.717) is 13.1 Å². The van der Waals surface area contributed by atoms with Crippen molar-refractivity contribution in [3.8, 4) is 0 Å². The summed E-state index contributed by atoms with van der Waals surface area (Å²) in [5, 5.41) is 3.09. The molecule has 2 rings (SSSR count). The van der Waals surface area contributed by atoms with Crippen LogP contribution < -0.4 is 11.1 Å². The van der Waals surface area contributed by atoms with E-state index in [-0.39, 0.29) is 11.3 Å². The molecule has 0 unspecified atom stereocenters. The number of hydrogen-bond donors (Lipinski definition) is 2. The van der Waals surface area contributed by atoms with Gasteiger partial charge in [-0.15, -0.1) is 0 Å². The zero-order valence-electron chi connectivity index (χ0n) is 12.4. The highest BCUT2D eigenvalue weighted by molar-refractivity contribution is 5.83. The Morgan fingerprint density at radius 3 is 2.55 bits per heavy atom. The second-order valence-corrected chi connectivity index (χ2v) is 6.16. The number of amides is 1. The predicted octanol–water partition coefficient (Wildman–Crippen LogP) is 2.50. The number of nitrogens with one attached hydrogen (secondary N) is 1. The predicted molar refractivity (Wildman–Crippen MR) is 82.3 cm³/mol. The van der Waals surface area contributed by atoms with Crippen LogP contribution in [0.5, 0.6) is 0 Å². The van der Waals surface area contributed by atoms with Gasteiger partial charge in [-0.1, -0.05) is 37.3 Å². The van der Waals surface area contributed by atoms with Crippen LogP contribution in [0.1, 0.15) is 38.2 Å². The van der Waals surface area contributed by atoms with Gasteiger partial charge in [-0.25, -0.2) is 0 Å². The van der Waals surface area contributed by atoms with Gasteiger partial charge >= 0.3 is 0 Å². The highest BCUT2D eigenvalue weighted by Crippen LogP contribution is 2.38. The Hall–Kier alpha value is -1.35. The fraction of sp³-hybridized carbons (Fsp3) is 0.588. The van der Waals surface area contributed by atoms with Crippen LogP contribution in [0.2, 0.25) is 0 Å². The standard InChI is InChI=1S/C17H26N2O/c1-14-7-10-17(13-18,11-8-14)16(20)19-12-9-15-5-3-2-4-6-15/h2-6,14H,7-13,18H2,1H3,(H,19,20). The van der Waals surface area contributed by atoms with Crippen LogP contribution in [0.4, 0.5) is 0 Å². The number of rotatable bonds is 5. The lowest BCUT2D eigenvalue weighted by Crippen LogP contribution is -2.48. The molecule has 3 N–H and O–H groups in total. The number of hydrogen-bond acceptors (Lipinski definition) is 2. The van der Waals surface area contributed by atoms with E-state index in [1.165, 1.54) is 5.56 Å². The highest BCUT2D eigenvalue weighted by Gasteiger charge is 2.39. The SMILES string of the molecule is CC1CCC(CN)(C(=O)NCCc2ccccc2)CC1. The van der Waals surface area contributed by atoms with Crippen molar-refractivity contribution in [3.63, 3.8) is 0 Å². The summed E-state index contributed by atoms with van der Waals surface area (Å²) in [6.45, 7) is 3.42. The maximum Gasteiger partial charge on any atom is 0.227 e. The summed E-state index contributed by atoms with van der Waals surface area (Å²) in [6, 6.07) is 10.2. The van der Waals surface area contributed by atoms with E-state index in [0.717, 1.165) is 38.0 Å². The van der Waals surface area contributed by atoms with Crippen LogP contribution in [0.15, 0.2) is 30.3 Å². The lowest BCUT2D eigenvalue weighted by atomic mass is 9.70. The third-order valence-electron chi connectivity index (χ3n) is 4.65. The van der Waals surface area contributed by atoms with Crippen molar-refractivity contribution >= 4 is 5.91 Å². The molecule has 1 aromatic rings. The smallest absolute Gasteiger partial charge is 0.227 e. The summed E-state index contributed by atoms with van der Waals surface area (Å²) >= 11 is 0. The monoisotopic (exact) mass is 274 g/mol. The molecule has 1 aromatic carbocycles. The molecule has 3 nitrogen and oxygen atoms in total. The van der Waals surface area contributed by atoms with E-state index in [9.17, 15) is 4.79 Å². The normalized spacial score (nSPS) is 26.2. The van der Waals surface area contributed by atoms with Gasteiger partial charge in [-0.05, 0) is 43.6 Å². The largest absolute Gasteiger partial charge is 0.355 e. The zero-order chi connectivity index (χ0) is 14.4. The quantitative estimate of drug-likeness (QED) is 0.867. The number of benzene rings is 1. The Morgan fingerprint density at radius 1 is 1.30 bits per heavy atom. The fourth-order valence-corrected chi connectivity index (χ4v) is 2.99. The van der Waals surface area contributed by atoms with Gasteiger partial charge in [0, 0.05) is 13.1 Å². The minimum absolute atomic E-state index is 0.155. The molecule has 0 aromatic heterocycles. The first-order valence-electron chi connectivity index (χ1n) is 7.68. The van der Waals surface area contributed by atoms with Gasteiger partial charge in [0.25, 0.3) is 0 Å². The van der Waals surface area contributed by atoms with E-state index >= 15 is 0 Å². The molecule has 0 radical (unpaired) electrons. The van der Waals surface area contributed by atoms with E-state index in [1.54, 1.807) is 0 Å². The molecule has 1 amide bonds. The van der Waals surface area contributed by atoms with Crippen LogP contribution in [-0.4, -0.2) is 19.0 Å². The summed E-state index contributed by atoms with van der Waals surface area (Å²) in [4.78, 5) is 12.5. The Kier molecular flexibility index (Phi) is 5.18. The van der Waals surface area contributed by atoms with Crippen LogP contribution in [-0.2, 0) is 11.2 Å². The molecule has 20 heavy (non-hydrogen) atoms. The molecule has 0 saturated heterocycles. The Balaban J connectivity index is 1.84. The highest BCUT2D eigenvalue weighted by atomic mass is 16.2. The Morgan fingerprint density at radius 2 is 1.95 bits per heavy atom. The van der Waals surface area contributed by atoms with Crippen LogP contribution >= 0.6 is 0 Å². The maximum absolute atomic E-state index is 12.5. The van der Waals surface area contributed by atoms with Gasteiger partial charge < -0.3 is 11.1 Å². The summed E-state index contributed by atoms with van der Waals surface area (Å²) in [7, 11) is 0. The Labute approximate surface area is 121 Å². The molecule has 0 bridgehead atoms. The fourth-order valence-electron chi connectivity index (χ4n) is 2.99. The summed E-state index contributed by atoms with van der Waals surface area (Å²) < 4.78 is 0. The third-order valence-corrected chi connectivity index (χ3v) is 4.65. The molecule has 1 saturated carbocycles. The van der Waals surface area contributed by atoms with Crippen molar-refractivity contribution in [2.24, 2.45) is 17.1 Å². The number of carbonyl (C=O) groups excluding carboxylic acids is 1. The molecular weight excluding hydrogens is 248 g/mol. The average Bonchev–Trinajstić information content (AvgIpc) is 2.49. The molecule has 1 aliphatic carbocycles. The van der Waals surface area contributed by atoms with E-state index < -0.39 is 0 Å². The molecular formula is C17H26N2O. The second-order valence-electron chi connectivity index (χ2n) is 6.16. The van der Waals surface area contributed by atoms with E-state index in [4.69, 9.17) is 5.73 Å². The molecule has 3 heteroatoms.